The van der Waals surface area contributed by atoms with Gasteiger partial charge in [0.05, 0.1) is 13.2 Å². The van der Waals surface area contributed by atoms with E-state index in [-0.39, 0.29) is 12.1 Å². The minimum absolute atomic E-state index is 0.264. The van der Waals surface area contributed by atoms with E-state index in [1.165, 1.54) is 6.92 Å². The molecule has 0 N–H and O–H groups in total. The number of hydrogen-bond acceptors (Lipinski definition) is 3. The summed E-state index contributed by atoms with van der Waals surface area (Å²) in [6.07, 6.45) is -0.264. The fraction of sp³-hybridized carbons (Fsp3) is 0.364. The predicted molar refractivity (Wildman–Crippen MR) is 58.3 cm³/mol. The first-order chi connectivity index (χ1) is 7.16. The maximum atomic E-state index is 10.9. The summed E-state index contributed by atoms with van der Waals surface area (Å²) in [6, 6.07) is 5.90. The van der Waals surface area contributed by atoms with Crippen molar-refractivity contribution >= 4 is 21.9 Å². The van der Waals surface area contributed by atoms with Gasteiger partial charge in [-0.2, -0.15) is 0 Å². The summed E-state index contributed by atoms with van der Waals surface area (Å²) in [5.41, 5.74) is 2.11. The first-order valence-electron chi connectivity index (χ1n) is 4.70. The van der Waals surface area contributed by atoms with Gasteiger partial charge in [-0.1, -0.05) is 22.0 Å². The van der Waals surface area contributed by atoms with E-state index in [4.69, 9.17) is 9.47 Å². The van der Waals surface area contributed by atoms with Gasteiger partial charge in [0.1, 0.15) is 0 Å². The van der Waals surface area contributed by atoms with Crippen LogP contribution in [0.4, 0.5) is 0 Å². The monoisotopic (exact) mass is 270 g/mol. The van der Waals surface area contributed by atoms with Crippen molar-refractivity contribution in [2.45, 2.75) is 19.6 Å². The van der Waals surface area contributed by atoms with E-state index >= 15 is 0 Å². The van der Waals surface area contributed by atoms with E-state index in [2.05, 4.69) is 15.9 Å². The quantitative estimate of drug-likeness (QED) is 0.736. The molecule has 0 aromatic heterocycles. The first-order valence-corrected chi connectivity index (χ1v) is 5.49. The molecule has 1 aromatic rings. The van der Waals surface area contributed by atoms with Crippen LogP contribution in [0.3, 0.4) is 0 Å². The summed E-state index contributed by atoms with van der Waals surface area (Å²) in [5, 5.41) is 0. The first kappa shape index (κ1) is 10.6. The second-order valence-electron chi connectivity index (χ2n) is 3.46. The molecule has 3 nitrogen and oxygen atoms in total. The highest BCUT2D eigenvalue weighted by atomic mass is 79.9. The smallest absolute Gasteiger partial charge is 0.303 e. The Morgan fingerprint density at radius 3 is 3.13 bits per heavy atom. The SMILES string of the molecule is CC(=O)OC1COCc2cc(Br)ccc21. The van der Waals surface area contributed by atoms with Crippen LogP contribution in [-0.4, -0.2) is 12.6 Å². The molecule has 2 rings (SSSR count). The minimum atomic E-state index is -0.278. The van der Waals surface area contributed by atoms with Crippen molar-refractivity contribution in [2.75, 3.05) is 6.61 Å². The van der Waals surface area contributed by atoms with Crippen LogP contribution in [0.5, 0.6) is 0 Å². The lowest BCUT2D eigenvalue weighted by molar-refractivity contribution is -0.151. The second kappa shape index (κ2) is 4.33. The molecular weight excluding hydrogens is 260 g/mol. The van der Waals surface area contributed by atoms with Gasteiger partial charge in [-0.25, -0.2) is 0 Å². The van der Waals surface area contributed by atoms with Gasteiger partial charge in [0, 0.05) is 17.0 Å². The largest absolute Gasteiger partial charge is 0.455 e. The summed E-state index contributed by atoms with van der Waals surface area (Å²) >= 11 is 3.40. The normalized spacial score (nSPS) is 19.5. The van der Waals surface area contributed by atoms with Gasteiger partial charge in [0.2, 0.25) is 0 Å². The summed E-state index contributed by atoms with van der Waals surface area (Å²) < 4.78 is 11.6. The molecule has 0 radical (unpaired) electrons. The van der Waals surface area contributed by atoms with Crippen molar-refractivity contribution in [2.24, 2.45) is 0 Å². The fourth-order valence-electron chi connectivity index (χ4n) is 1.68. The van der Waals surface area contributed by atoms with Gasteiger partial charge in [-0.05, 0) is 17.7 Å². The highest BCUT2D eigenvalue weighted by Gasteiger charge is 2.23. The molecule has 1 aliphatic rings. The molecule has 4 heteroatoms. The number of rotatable bonds is 1. The zero-order valence-electron chi connectivity index (χ0n) is 8.33. The van der Waals surface area contributed by atoms with Gasteiger partial charge >= 0.3 is 5.97 Å². The average molecular weight is 271 g/mol. The number of carbonyl (C=O) groups is 1. The lowest BCUT2D eigenvalue weighted by Gasteiger charge is -2.25. The van der Waals surface area contributed by atoms with Crippen LogP contribution in [0.25, 0.3) is 0 Å². The predicted octanol–water partition coefficient (Wildman–Crippen LogP) is 2.58. The molecule has 0 saturated carbocycles. The van der Waals surface area contributed by atoms with Crippen LogP contribution in [0, 0.1) is 0 Å². The summed E-state index contributed by atoms with van der Waals surface area (Å²) in [5.74, 6) is -0.278. The second-order valence-corrected chi connectivity index (χ2v) is 4.37. The molecule has 0 bridgehead atoms. The number of halogens is 1. The summed E-state index contributed by atoms with van der Waals surface area (Å²) in [6.45, 7) is 2.42. The number of benzene rings is 1. The number of ether oxygens (including phenoxy) is 2. The Morgan fingerprint density at radius 1 is 1.60 bits per heavy atom. The van der Waals surface area contributed by atoms with Crippen LogP contribution in [0.2, 0.25) is 0 Å². The van der Waals surface area contributed by atoms with E-state index < -0.39 is 0 Å². The van der Waals surface area contributed by atoms with E-state index in [1.807, 2.05) is 18.2 Å². The molecule has 0 amide bonds. The third-order valence-corrected chi connectivity index (χ3v) is 2.78. The van der Waals surface area contributed by atoms with Crippen molar-refractivity contribution in [3.05, 3.63) is 33.8 Å². The molecule has 1 unspecified atom stereocenters. The fourth-order valence-corrected chi connectivity index (χ4v) is 2.09. The molecule has 80 valence electrons. The lowest BCUT2D eigenvalue weighted by atomic mass is 10.0. The Labute approximate surface area is 96.5 Å². The van der Waals surface area contributed by atoms with Gasteiger partial charge in [-0.3, -0.25) is 4.79 Å². The van der Waals surface area contributed by atoms with Gasteiger partial charge in [-0.15, -0.1) is 0 Å². The zero-order valence-corrected chi connectivity index (χ0v) is 9.91. The van der Waals surface area contributed by atoms with E-state index in [0.717, 1.165) is 15.6 Å². The van der Waals surface area contributed by atoms with Gasteiger partial charge in [0.25, 0.3) is 0 Å². The average Bonchev–Trinajstić information content (AvgIpc) is 2.16. The zero-order chi connectivity index (χ0) is 10.8. The molecule has 1 heterocycles. The summed E-state index contributed by atoms with van der Waals surface area (Å²) in [4.78, 5) is 10.9. The van der Waals surface area contributed by atoms with E-state index in [1.54, 1.807) is 0 Å². The van der Waals surface area contributed by atoms with Crippen LogP contribution in [-0.2, 0) is 20.9 Å². The van der Waals surface area contributed by atoms with Gasteiger partial charge < -0.3 is 9.47 Å². The molecule has 0 fully saturated rings. The van der Waals surface area contributed by atoms with Gasteiger partial charge in [0.15, 0.2) is 6.10 Å². The number of fused-ring (bicyclic) bond motifs is 1. The Bertz CT molecular complexity index is 389. The molecule has 0 saturated heterocycles. The van der Waals surface area contributed by atoms with E-state index in [9.17, 15) is 4.79 Å². The van der Waals surface area contributed by atoms with Crippen LogP contribution >= 0.6 is 15.9 Å². The van der Waals surface area contributed by atoms with Crippen LogP contribution < -0.4 is 0 Å². The standard InChI is InChI=1S/C11H11BrO3/c1-7(13)15-11-6-14-5-8-4-9(12)2-3-10(8)11/h2-4,11H,5-6H2,1H3. The Kier molecular flexibility index (Phi) is 3.07. The summed E-state index contributed by atoms with van der Waals surface area (Å²) in [7, 11) is 0. The maximum absolute atomic E-state index is 10.9. The van der Waals surface area contributed by atoms with Crippen LogP contribution in [0.15, 0.2) is 22.7 Å². The number of esters is 1. The molecule has 15 heavy (non-hydrogen) atoms. The molecule has 0 aliphatic carbocycles. The molecule has 1 atom stereocenters. The van der Waals surface area contributed by atoms with Crippen molar-refractivity contribution in [1.29, 1.82) is 0 Å². The minimum Gasteiger partial charge on any atom is -0.455 e. The Morgan fingerprint density at radius 2 is 2.40 bits per heavy atom. The molecule has 1 aliphatic heterocycles. The number of hydrogen-bond donors (Lipinski definition) is 0. The molecule has 0 spiro atoms. The topological polar surface area (TPSA) is 35.5 Å². The highest BCUT2D eigenvalue weighted by molar-refractivity contribution is 9.10. The maximum Gasteiger partial charge on any atom is 0.303 e. The third-order valence-electron chi connectivity index (χ3n) is 2.29. The lowest BCUT2D eigenvalue weighted by Crippen LogP contribution is -2.20. The van der Waals surface area contributed by atoms with Crippen molar-refractivity contribution < 1.29 is 14.3 Å². The number of carbonyl (C=O) groups excluding carboxylic acids is 1. The van der Waals surface area contributed by atoms with Crippen molar-refractivity contribution in [3.63, 3.8) is 0 Å². The third kappa shape index (κ3) is 2.38. The van der Waals surface area contributed by atoms with Crippen molar-refractivity contribution in [1.82, 2.24) is 0 Å². The molecular formula is C11H11BrO3. The molecule has 1 aromatic carbocycles. The van der Waals surface area contributed by atoms with E-state index in [0.29, 0.717) is 13.2 Å². The highest BCUT2D eigenvalue weighted by Crippen LogP contribution is 2.29. The van der Waals surface area contributed by atoms with Crippen molar-refractivity contribution in [3.8, 4) is 0 Å². The Balaban J connectivity index is 2.30. The van der Waals surface area contributed by atoms with Crippen LogP contribution in [0.1, 0.15) is 24.2 Å². The Hall–Kier alpha value is -0.870.